The molecule has 7 heteroatoms. The zero-order valence-electron chi connectivity index (χ0n) is 15.3. The Labute approximate surface area is 161 Å². The second kappa shape index (κ2) is 9.71. The Kier molecular flexibility index (Phi) is 7.63. The van der Waals surface area contributed by atoms with Crippen LogP contribution >= 0.6 is 12.4 Å². The molecule has 2 heterocycles. The Bertz CT molecular complexity index is 700. The molecule has 0 atom stereocenters. The van der Waals surface area contributed by atoms with E-state index in [1.54, 1.807) is 0 Å². The van der Waals surface area contributed by atoms with Gasteiger partial charge in [-0.25, -0.2) is 0 Å². The van der Waals surface area contributed by atoms with Crippen molar-refractivity contribution in [2.45, 2.75) is 33.0 Å². The van der Waals surface area contributed by atoms with Crippen LogP contribution in [0.5, 0.6) is 0 Å². The first kappa shape index (κ1) is 20.4. The van der Waals surface area contributed by atoms with Gasteiger partial charge in [-0.05, 0) is 31.0 Å². The molecule has 1 aliphatic rings. The van der Waals surface area contributed by atoms with E-state index in [2.05, 4.69) is 23.1 Å². The van der Waals surface area contributed by atoms with Crippen molar-refractivity contribution in [1.82, 2.24) is 19.6 Å². The summed E-state index contributed by atoms with van der Waals surface area (Å²) >= 11 is 0. The van der Waals surface area contributed by atoms with Gasteiger partial charge >= 0.3 is 0 Å². The summed E-state index contributed by atoms with van der Waals surface area (Å²) in [5, 5.41) is 4.34. The molecule has 2 N–H and O–H groups in total. The molecule has 0 saturated carbocycles. The molecule has 6 nitrogen and oxygen atoms in total. The van der Waals surface area contributed by atoms with E-state index in [9.17, 15) is 4.79 Å². The average Bonchev–Trinajstić information content (AvgIpc) is 2.98. The lowest BCUT2D eigenvalue weighted by atomic mass is 10.1. The number of benzene rings is 1. The highest BCUT2D eigenvalue weighted by Crippen LogP contribution is 2.12. The second-order valence-corrected chi connectivity index (χ2v) is 6.53. The fourth-order valence-electron chi connectivity index (χ4n) is 3.22. The van der Waals surface area contributed by atoms with Crippen LogP contribution in [0.15, 0.2) is 36.7 Å². The zero-order chi connectivity index (χ0) is 17.6. The van der Waals surface area contributed by atoms with Gasteiger partial charge in [0.2, 0.25) is 0 Å². The van der Waals surface area contributed by atoms with Gasteiger partial charge in [0.25, 0.3) is 5.91 Å². The highest BCUT2D eigenvalue weighted by Gasteiger charge is 2.20. The topological polar surface area (TPSA) is 67.4 Å². The quantitative estimate of drug-likeness (QED) is 0.866. The van der Waals surface area contributed by atoms with Crippen LogP contribution in [0.2, 0.25) is 0 Å². The van der Waals surface area contributed by atoms with Crippen LogP contribution in [-0.4, -0.2) is 51.7 Å². The summed E-state index contributed by atoms with van der Waals surface area (Å²) in [6.45, 7) is 7.85. The summed E-state index contributed by atoms with van der Waals surface area (Å²) in [5.74, 6) is 0.115. The Morgan fingerprint density at radius 1 is 1.12 bits per heavy atom. The number of rotatable bonds is 5. The third-order valence-corrected chi connectivity index (χ3v) is 4.73. The van der Waals surface area contributed by atoms with Crippen LogP contribution in [0.3, 0.4) is 0 Å². The average molecular weight is 378 g/mol. The number of amides is 1. The molecule has 0 aliphatic carbocycles. The lowest BCUT2D eigenvalue weighted by Gasteiger charge is -2.22. The molecular formula is C19H28ClN5O. The number of carbonyl (C=O) groups is 1. The minimum Gasteiger partial charge on any atom is -0.337 e. The van der Waals surface area contributed by atoms with Gasteiger partial charge in [-0.1, -0.05) is 12.1 Å². The lowest BCUT2D eigenvalue weighted by Crippen LogP contribution is -2.35. The summed E-state index contributed by atoms with van der Waals surface area (Å²) in [5.41, 5.74) is 8.65. The number of aryl methyl sites for hydroxylation is 1. The third kappa shape index (κ3) is 5.06. The molecule has 0 spiro atoms. The number of hydrogen-bond acceptors (Lipinski definition) is 4. The zero-order valence-corrected chi connectivity index (χ0v) is 16.1. The van der Waals surface area contributed by atoms with E-state index in [4.69, 9.17) is 5.73 Å². The van der Waals surface area contributed by atoms with Crippen molar-refractivity contribution in [2.75, 3.05) is 26.2 Å². The van der Waals surface area contributed by atoms with Crippen molar-refractivity contribution in [3.63, 3.8) is 0 Å². The second-order valence-electron chi connectivity index (χ2n) is 6.53. The van der Waals surface area contributed by atoms with E-state index in [1.165, 1.54) is 5.56 Å². The number of halogens is 1. The Morgan fingerprint density at radius 2 is 1.88 bits per heavy atom. The molecule has 142 valence electrons. The Hall–Kier alpha value is -1.89. The molecule has 26 heavy (non-hydrogen) atoms. The largest absolute Gasteiger partial charge is 0.337 e. The fraction of sp³-hybridized carbons (Fsp3) is 0.474. The molecule has 2 aromatic rings. The van der Waals surface area contributed by atoms with Crippen LogP contribution in [0.25, 0.3) is 0 Å². The van der Waals surface area contributed by atoms with Gasteiger partial charge in [-0.15, -0.1) is 12.4 Å². The smallest absolute Gasteiger partial charge is 0.253 e. The molecule has 0 unspecified atom stereocenters. The molecule has 0 radical (unpaired) electrons. The first-order valence-electron chi connectivity index (χ1n) is 9.01. The normalized spacial score (nSPS) is 15.4. The van der Waals surface area contributed by atoms with Gasteiger partial charge in [0, 0.05) is 63.1 Å². The summed E-state index contributed by atoms with van der Waals surface area (Å²) in [4.78, 5) is 17.1. The van der Waals surface area contributed by atoms with Crippen molar-refractivity contribution < 1.29 is 4.79 Å². The number of hydrogen-bond donors (Lipinski definition) is 1. The van der Waals surface area contributed by atoms with Gasteiger partial charge < -0.3 is 10.6 Å². The maximum atomic E-state index is 12.7. The van der Waals surface area contributed by atoms with E-state index >= 15 is 0 Å². The van der Waals surface area contributed by atoms with Crippen molar-refractivity contribution in [2.24, 2.45) is 5.73 Å². The van der Waals surface area contributed by atoms with Crippen LogP contribution in [0.4, 0.5) is 0 Å². The fourth-order valence-corrected chi connectivity index (χ4v) is 3.22. The third-order valence-electron chi connectivity index (χ3n) is 4.73. The maximum absolute atomic E-state index is 12.7. The van der Waals surface area contributed by atoms with Gasteiger partial charge in [0.05, 0.1) is 6.20 Å². The molecule has 0 bridgehead atoms. The van der Waals surface area contributed by atoms with Crippen molar-refractivity contribution in [3.05, 3.63) is 53.3 Å². The molecule has 3 rings (SSSR count). The van der Waals surface area contributed by atoms with Gasteiger partial charge in [-0.2, -0.15) is 5.10 Å². The predicted octanol–water partition coefficient (Wildman–Crippen LogP) is 2.13. The molecule has 1 saturated heterocycles. The Morgan fingerprint density at radius 3 is 2.54 bits per heavy atom. The summed E-state index contributed by atoms with van der Waals surface area (Å²) in [6.07, 6.45) is 5.04. The van der Waals surface area contributed by atoms with Gasteiger partial charge in [-0.3, -0.25) is 14.4 Å². The highest BCUT2D eigenvalue weighted by molar-refractivity contribution is 5.94. The molecule has 1 fully saturated rings. The minimum absolute atomic E-state index is 0. The number of nitrogens with zero attached hydrogens (tertiary/aromatic N) is 4. The van der Waals surface area contributed by atoms with Crippen molar-refractivity contribution in [1.29, 1.82) is 0 Å². The van der Waals surface area contributed by atoms with E-state index in [1.807, 2.05) is 40.0 Å². The SMILES string of the molecule is CCn1cc(CN2CCCN(C(=O)c3ccc(CN)cc3)CC2)cn1.Cl. The van der Waals surface area contributed by atoms with Gasteiger partial charge in [0.15, 0.2) is 0 Å². The molecule has 1 aromatic carbocycles. The van der Waals surface area contributed by atoms with Crippen molar-refractivity contribution in [3.8, 4) is 0 Å². The Balaban J connectivity index is 0.00000243. The molecule has 1 amide bonds. The maximum Gasteiger partial charge on any atom is 0.253 e. The van der Waals surface area contributed by atoms with Gasteiger partial charge in [0.1, 0.15) is 0 Å². The van der Waals surface area contributed by atoms with Crippen LogP contribution in [0.1, 0.15) is 34.8 Å². The van der Waals surface area contributed by atoms with Crippen molar-refractivity contribution >= 4 is 18.3 Å². The molecule has 1 aromatic heterocycles. The van der Waals surface area contributed by atoms with Crippen LogP contribution in [-0.2, 0) is 19.6 Å². The number of carbonyl (C=O) groups excluding carboxylic acids is 1. The first-order valence-corrected chi connectivity index (χ1v) is 9.01. The molecular weight excluding hydrogens is 350 g/mol. The monoisotopic (exact) mass is 377 g/mol. The summed E-state index contributed by atoms with van der Waals surface area (Å²) < 4.78 is 1.95. The lowest BCUT2D eigenvalue weighted by molar-refractivity contribution is 0.0761. The minimum atomic E-state index is 0. The first-order chi connectivity index (χ1) is 12.2. The standard InChI is InChI=1S/C19H27N5O.ClH/c1-2-24-15-17(13-21-24)14-22-8-3-9-23(11-10-22)19(25)18-6-4-16(12-20)5-7-18;/h4-7,13,15H,2-3,8-12,14,20H2,1H3;1H. The summed E-state index contributed by atoms with van der Waals surface area (Å²) in [7, 11) is 0. The number of aromatic nitrogens is 2. The van der Waals surface area contributed by atoms with E-state index in [0.29, 0.717) is 6.54 Å². The van der Waals surface area contributed by atoms with Crippen LogP contribution < -0.4 is 5.73 Å². The number of nitrogens with two attached hydrogens (primary N) is 1. The van der Waals surface area contributed by atoms with Crippen LogP contribution in [0, 0.1) is 0 Å². The summed E-state index contributed by atoms with van der Waals surface area (Å²) in [6, 6.07) is 7.63. The predicted molar refractivity (Wildman–Crippen MR) is 105 cm³/mol. The van der Waals surface area contributed by atoms with E-state index < -0.39 is 0 Å². The highest BCUT2D eigenvalue weighted by atomic mass is 35.5. The van der Waals surface area contributed by atoms with E-state index in [-0.39, 0.29) is 18.3 Å². The molecule has 1 aliphatic heterocycles. The van der Waals surface area contributed by atoms with E-state index in [0.717, 1.165) is 56.8 Å².